The Balaban J connectivity index is 0.000000364. The Morgan fingerprint density at radius 2 is 1.29 bits per heavy atom. The average Bonchev–Trinajstić information content (AvgIpc) is 2.00. The predicted octanol–water partition coefficient (Wildman–Crippen LogP) is 1.29. The number of piperidine rings is 1. The van der Waals surface area contributed by atoms with Gasteiger partial charge in [0.05, 0.1) is 13.2 Å². The van der Waals surface area contributed by atoms with Gasteiger partial charge in [-0.2, -0.15) is 0 Å². The average molecular weight is 203 g/mol. The van der Waals surface area contributed by atoms with E-state index in [1.807, 2.05) is 0 Å². The topological polar surface area (TPSA) is 52.5 Å². The third-order valence-electron chi connectivity index (χ3n) is 2.38. The van der Waals surface area contributed by atoms with Gasteiger partial charge < -0.3 is 15.5 Å². The fourth-order valence-corrected chi connectivity index (χ4v) is 2.01. The second-order valence-corrected chi connectivity index (χ2v) is 5.19. The normalized spacial score (nSPS) is 23.6. The summed E-state index contributed by atoms with van der Waals surface area (Å²) < 4.78 is 0. The number of hydrogen-bond donors (Lipinski definition) is 3. The molecule has 1 saturated heterocycles. The van der Waals surface area contributed by atoms with Crippen molar-refractivity contribution in [1.82, 2.24) is 5.32 Å². The van der Waals surface area contributed by atoms with Crippen LogP contribution in [0.5, 0.6) is 0 Å². The zero-order valence-corrected chi connectivity index (χ0v) is 9.93. The zero-order chi connectivity index (χ0) is 11.2. The molecule has 0 radical (unpaired) electrons. The highest BCUT2D eigenvalue weighted by molar-refractivity contribution is 4.92. The summed E-state index contributed by atoms with van der Waals surface area (Å²) in [6, 6.07) is 0. The van der Waals surface area contributed by atoms with Crippen molar-refractivity contribution >= 4 is 0 Å². The van der Waals surface area contributed by atoms with Gasteiger partial charge in [0.15, 0.2) is 0 Å². The van der Waals surface area contributed by atoms with E-state index in [9.17, 15) is 0 Å². The van der Waals surface area contributed by atoms with Gasteiger partial charge in [0.2, 0.25) is 0 Å². The Bertz CT molecular complexity index is 139. The number of aliphatic hydroxyl groups is 2. The highest BCUT2D eigenvalue weighted by Gasteiger charge is 2.31. The number of hydrogen-bond acceptors (Lipinski definition) is 3. The van der Waals surface area contributed by atoms with Crippen molar-refractivity contribution < 1.29 is 10.2 Å². The van der Waals surface area contributed by atoms with Gasteiger partial charge in [-0.1, -0.05) is 0 Å². The van der Waals surface area contributed by atoms with Gasteiger partial charge in [0, 0.05) is 11.1 Å². The molecule has 1 rings (SSSR count). The molecule has 0 aromatic carbocycles. The second kappa shape index (κ2) is 5.69. The molecule has 0 aromatic rings. The first-order valence-electron chi connectivity index (χ1n) is 5.34. The molecule has 86 valence electrons. The maximum Gasteiger partial charge on any atom is 0.0662 e. The maximum absolute atomic E-state index is 7.62. The van der Waals surface area contributed by atoms with Crippen molar-refractivity contribution in [3.63, 3.8) is 0 Å². The van der Waals surface area contributed by atoms with Gasteiger partial charge in [0.1, 0.15) is 0 Å². The minimum Gasteiger partial charge on any atom is -0.394 e. The van der Waals surface area contributed by atoms with Gasteiger partial charge in [0.25, 0.3) is 0 Å². The minimum atomic E-state index is -0.125. The summed E-state index contributed by atoms with van der Waals surface area (Å²) in [5, 5.41) is 18.9. The predicted molar refractivity (Wildman–Crippen MR) is 59.3 cm³/mol. The van der Waals surface area contributed by atoms with Crippen molar-refractivity contribution in [3.8, 4) is 0 Å². The van der Waals surface area contributed by atoms with Crippen molar-refractivity contribution in [1.29, 1.82) is 0 Å². The molecule has 3 heteroatoms. The Morgan fingerprint density at radius 1 is 0.929 bits per heavy atom. The molecule has 0 unspecified atom stereocenters. The van der Waals surface area contributed by atoms with E-state index in [2.05, 4.69) is 33.0 Å². The van der Waals surface area contributed by atoms with Gasteiger partial charge in [-0.15, -0.1) is 0 Å². The second-order valence-electron chi connectivity index (χ2n) is 5.19. The molecule has 1 heterocycles. The fourth-order valence-electron chi connectivity index (χ4n) is 2.01. The van der Waals surface area contributed by atoms with Crippen LogP contribution in [0.2, 0.25) is 0 Å². The third-order valence-corrected chi connectivity index (χ3v) is 2.38. The summed E-state index contributed by atoms with van der Waals surface area (Å²) >= 11 is 0. The number of nitrogens with one attached hydrogen (secondary N) is 1. The van der Waals surface area contributed by atoms with E-state index in [4.69, 9.17) is 10.2 Å². The molecule has 0 bridgehead atoms. The number of rotatable bonds is 1. The van der Waals surface area contributed by atoms with Gasteiger partial charge in [-0.05, 0) is 47.0 Å². The minimum absolute atomic E-state index is 0.125. The summed E-state index contributed by atoms with van der Waals surface area (Å²) in [7, 11) is 0. The van der Waals surface area contributed by atoms with Gasteiger partial charge in [-0.25, -0.2) is 0 Å². The number of aliphatic hydroxyl groups excluding tert-OH is 2. The molecule has 0 amide bonds. The van der Waals surface area contributed by atoms with Crippen LogP contribution in [-0.2, 0) is 0 Å². The molecule has 3 nitrogen and oxygen atoms in total. The van der Waals surface area contributed by atoms with Crippen LogP contribution in [0.3, 0.4) is 0 Å². The van der Waals surface area contributed by atoms with Crippen molar-refractivity contribution in [3.05, 3.63) is 0 Å². The molecule has 1 aliphatic heterocycles. The summed E-state index contributed by atoms with van der Waals surface area (Å²) in [6.45, 7) is 8.89. The zero-order valence-electron chi connectivity index (χ0n) is 9.93. The first kappa shape index (κ1) is 13.9. The highest BCUT2D eigenvalue weighted by atomic mass is 16.3. The van der Waals surface area contributed by atoms with Crippen LogP contribution >= 0.6 is 0 Å². The standard InChI is InChI=1S/C9H19N.C2H6O2/c1-8(2)6-5-7-9(3,4)10-8;3-1-2-4/h10H,5-7H2,1-4H3;3-4H,1-2H2. The van der Waals surface area contributed by atoms with Crippen LogP contribution in [0.15, 0.2) is 0 Å². The van der Waals surface area contributed by atoms with E-state index in [0.29, 0.717) is 11.1 Å². The lowest BCUT2D eigenvalue weighted by atomic mass is 9.83. The first-order valence-corrected chi connectivity index (χ1v) is 5.34. The lowest BCUT2D eigenvalue weighted by Gasteiger charge is -2.42. The summed E-state index contributed by atoms with van der Waals surface area (Å²) in [5.74, 6) is 0. The van der Waals surface area contributed by atoms with Crippen LogP contribution in [-0.4, -0.2) is 34.5 Å². The van der Waals surface area contributed by atoms with Gasteiger partial charge >= 0.3 is 0 Å². The third kappa shape index (κ3) is 6.35. The van der Waals surface area contributed by atoms with Gasteiger partial charge in [-0.3, -0.25) is 0 Å². The fraction of sp³-hybridized carbons (Fsp3) is 1.00. The molecule has 14 heavy (non-hydrogen) atoms. The molecule has 1 fully saturated rings. The van der Waals surface area contributed by atoms with Crippen molar-refractivity contribution in [2.24, 2.45) is 0 Å². The molecule has 0 spiro atoms. The SMILES string of the molecule is CC1(C)CCCC(C)(C)N1.OCCO. The molecule has 1 aliphatic rings. The first-order chi connectivity index (χ1) is 6.33. The molecule has 0 aliphatic carbocycles. The molecule has 3 N–H and O–H groups in total. The van der Waals surface area contributed by atoms with E-state index in [1.165, 1.54) is 19.3 Å². The Kier molecular flexibility index (Phi) is 5.64. The highest BCUT2D eigenvalue weighted by Crippen LogP contribution is 2.27. The lowest BCUT2D eigenvalue weighted by Crippen LogP contribution is -2.55. The van der Waals surface area contributed by atoms with Crippen molar-refractivity contribution in [2.45, 2.75) is 58.0 Å². The monoisotopic (exact) mass is 203 g/mol. The molecule has 0 atom stereocenters. The molecule has 0 aromatic heterocycles. The van der Waals surface area contributed by atoms with Crippen LogP contribution in [0, 0.1) is 0 Å². The van der Waals surface area contributed by atoms with E-state index < -0.39 is 0 Å². The van der Waals surface area contributed by atoms with Crippen LogP contribution in [0.1, 0.15) is 47.0 Å². The van der Waals surface area contributed by atoms with Crippen LogP contribution in [0.25, 0.3) is 0 Å². The lowest BCUT2D eigenvalue weighted by molar-refractivity contribution is 0.183. The summed E-state index contributed by atoms with van der Waals surface area (Å²) in [4.78, 5) is 0. The summed E-state index contributed by atoms with van der Waals surface area (Å²) in [6.07, 6.45) is 4.00. The smallest absolute Gasteiger partial charge is 0.0662 e. The van der Waals surface area contributed by atoms with E-state index in [-0.39, 0.29) is 13.2 Å². The Hall–Kier alpha value is -0.120. The van der Waals surface area contributed by atoms with E-state index in [0.717, 1.165) is 0 Å². The summed E-state index contributed by atoms with van der Waals surface area (Å²) in [5.41, 5.74) is 0.726. The van der Waals surface area contributed by atoms with Crippen LogP contribution < -0.4 is 5.32 Å². The van der Waals surface area contributed by atoms with E-state index >= 15 is 0 Å². The Labute approximate surface area is 87.5 Å². The molecule has 0 saturated carbocycles. The Morgan fingerprint density at radius 3 is 1.43 bits per heavy atom. The molecular weight excluding hydrogens is 178 g/mol. The van der Waals surface area contributed by atoms with E-state index in [1.54, 1.807) is 0 Å². The molecular formula is C11H25NO2. The maximum atomic E-state index is 7.62. The van der Waals surface area contributed by atoms with Crippen LogP contribution in [0.4, 0.5) is 0 Å². The largest absolute Gasteiger partial charge is 0.394 e. The van der Waals surface area contributed by atoms with Crippen molar-refractivity contribution in [2.75, 3.05) is 13.2 Å². The quantitative estimate of drug-likeness (QED) is 0.602.